The summed E-state index contributed by atoms with van der Waals surface area (Å²) in [6.45, 7) is 5.73. The molecule has 0 bridgehead atoms. The second-order valence-electron chi connectivity index (χ2n) is 8.45. The first kappa shape index (κ1) is 22.2. The predicted molar refractivity (Wildman–Crippen MR) is 129 cm³/mol. The average Bonchev–Trinajstić information content (AvgIpc) is 3.26. The van der Waals surface area contributed by atoms with Crippen LogP contribution in [0.1, 0.15) is 40.6 Å². The normalized spacial score (nSPS) is 15.4. The van der Waals surface area contributed by atoms with E-state index in [0.29, 0.717) is 38.9 Å². The highest BCUT2D eigenvalue weighted by Gasteiger charge is 2.42. The van der Waals surface area contributed by atoms with Crippen molar-refractivity contribution in [1.29, 1.82) is 0 Å². The Labute approximate surface area is 193 Å². The molecule has 1 aliphatic rings. The Bertz CT molecular complexity index is 1090. The van der Waals surface area contributed by atoms with E-state index >= 15 is 0 Å². The van der Waals surface area contributed by atoms with Crippen LogP contribution in [0.3, 0.4) is 0 Å². The number of hydrogen-bond donors (Lipinski definition) is 1. The van der Waals surface area contributed by atoms with Crippen LogP contribution >= 0.6 is 11.3 Å². The summed E-state index contributed by atoms with van der Waals surface area (Å²) >= 11 is 1.59. The molecule has 3 heterocycles. The standard InChI is InChI=1S/C26H29N3O2S/c1-3-28-25(31)26(10-13-29(14-11-26)24(30)22-15-19(2)32-18-22)16-20-7-4-5-9-23(20)21-8-6-12-27-17-21/h4-9,12,15,17-18H,3,10-11,13-14,16H2,1-2H3,(H,28,31). The largest absolute Gasteiger partial charge is 0.356 e. The van der Waals surface area contributed by atoms with E-state index in [1.807, 2.05) is 54.6 Å². The molecule has 2 amide bonds. The molecule has 1 aromatic carbocycles. The van der Waals surface area contributed by atoms with Crippen molar-refractivity contribution in [3.63, 3.8) is 0 Å². The Morgan fingerprint density at radius 3 is 2.59 bits per heavy atom. The van der Waals surface area contributed by atoms with E-state index in [1.54, 1.807) is 17.5 Å². The molecule has 1 fully saturated rings. The Kier molecular flexibility index (Phi) is 6.70. The number of likely N-dealkylation sites (tertiary alicyclic amines) is 1. The molecule has 1 aliphatic heterocycles. The van der Waals surface area contributed by atoms with E-state index in [-0.39, 0.29) is 11.8 Å². The third kappa shape index (κ3) is 4.60. The molecule has 0 spiro atoms. The zero-order valence-corrected chi connectivity index (χ0v) is 19.5. The quantitative estimate of drug-likeness (QED) is 0.595. The van der Waals surface area contributed by atoms with Gasteiger partial charge in [0.15, 0.2) is 0 Å². The third-order valence-corrected chi connectivity index (χ3v) is 7.18. The number of aromatic nitrogens is 1. The van der Waals surface area contributed by atoms with Gasteiger partial charge in [0.2, 0.25) is 5.91 Å². The van der Waals surface area contributed by atoms with E-state index in [2.05, 4.69) is 28.5 Å². The fraction of sp³-hybridized carbons (Fsp3) is 0.346. The minimum absolute atomic E-state index is 0.0645. The van der Waals surface area contributed by atoms with E-state index in [4.69, 9.17) is 0 Å². The number of nitrogens with one attached hydrogen (secondary N) is 1. The Hall–Kier alpha value is -2.99. The molecular formula is C26H29N3O2S. The molecule has 0 saturated carbocycles. The summed E-state index contributed by atoms with van der Waals surface area (Å²) < 4.78 is 0. The Morgan fingerprint density at radius 1 is 1.16 bits per heavy atom. The maximum atomic E-state index is 13.3. The van der Waals surface area contributed by atoms with Crippen molar-refractivity contribution >= 4 is 23.2 Å². The van der Waals surface area contributed by atoms with Gasteiger partial charge in [-0.15, -0.1) is 11.3 Å². The molecule has 5 nitrogen and oxygen atoms in total. The van der Waals surface area contributed by atoms with Crippen molar-refractivity contribution in [1.82, 2.24) is 15.2 Å². The topological polar surface area (TPSA) is 62.3 Å². The molecule has 0 radical (unpaired) electrons. The summed E-state index contributed by atoms with van der Waals surface area (Å²) in [6, 6.07) is 14.2. The highest BCUT2D eigenvalue weighted by Crippen LogP contribution is 2.38. The summed E-state index contributed by atoms with van der Waals surface area (Å²) in [5.41, 5.74) is 3.52. The van der Waals surface area contributed by atoms with Crippen molar-refractivity contribution < 1.29 is 9.59 Å². The third-order valence-electron chi connectivity index (χ3n) is 6.32. The first-order chi connectivity index (χ1) is 15.5. The molecule has 0 aliphatic carbocycles. The Morgan fingerprint density at radius 2 is 1.94 bits per heavy atom. The van der Waals surface area contributed by atoms with Crippen LogP contribution in [0.2, 0.25) is 0 Å². The SMILES string of the molecule is CCNC(=O)C1(Cc2ccccc2-c2cccnc2)CCN(C(=O)c2csc(C)c2)CC1. The molecule has 6 heteroatoms. The summed E-state index contributed by atoms with van der Waals surface area (Å²) in [7, 11) is 0. The highest BCUT2D eigenvalue weighted by atomic mass is 32.1. The summed E-state index contributed by atoms with van der Waals surface area (Å²) in [5.74, 6) is 0.147. The summed E-state index contributed by atoms with van der Waals surface area (Å²) in [4.78, 5) is 33.5. The first-order valence-corrected chi connectivity index (χ1v) is 12.0. The van der Waals surface area contributed by atoms with Crippen LogP contribution in [0.15, 0.2) is 60.2 Å². The molecule has 3 aromatic rings. The smallest absolute Gasteiger partial charge is 0.254 e. The van der Waals surface area contributed by atoms with Crippen LogP contribution in [0, 0.1) is 12.3 Å². The van der Waals surface area contributed by atoms with Crippen LogP contribution in [0.25, 0.3) is 11.1 Å². The van der Waals surface area contributed by atoms with Gasteiger partial charge in [-0.05, 0) is 56.4 Å². The lowest BCUT2D eigenvalue weighted by Gasteiger charge is -2.41. The van der Waals surface area contributed by atoms with Crippen LogP contribution in [0.4, 0.5) is 0 Å². The van der Waals surface area contributed by atoms with Crippen LogP contribution < -0.4 is 5.32 Å². The van der Waals surface area contributed by atoms with Crippen molar-refractivity contribution in [3.05, 3.63) is 76.2 Å². The Balaban J connectivity index is 1.58. The van der Waals surface area contributed by atoms with Gasteiger partial charge in [0.25, 0.3) is 5.91 Å². The number of piperidine rings is 1. The van der Waals surface area contributed by atoms with Gasteiger partial charge in [-0.25, -0.2) is 0 Å². The van der Waals surface area contributed by atoms with Crippen LogP contribution in [-0.4, -0.2) is 41.3 Å². The molecule has 32 heavy (non-hydrogen) atoms. The molecule has 2 aromatic heterocycles. The molecule has 4 rings (SSSR count). The molecule has 0 atom stereocenters. The molecule has 0 unspecified atom stereocenters. The zero-order valence-electron chi connectivity index (χ0n) is 18.6. The number of nitrogens with zero attached hydrogens (tertiary/aromatic N) is 2. The maximum absolute atomic E-state index is 13.3. The lowest BCUT2D eigenvalue weighted by atomic mass is 9.72. The van der Waals surface area contributed by atoms with E-state index in [1.165, 1.54) is 0 Å². The number of amides is 2. The number of pyridine rings is 1. The minimum Gasteiger partial charge on any atom is -0.356 e. The number of carbonyl (C=O) groups is 2. The van der Waals surface area contributed by atoms with Crippen LogP contribution in [-0.2, 0) is 11.2 Å². The minimum atomic E-state index is -0.532. The second-order valence-corrected chi connectivity index (χ2v) is 9.57. The number of thiophene rings is 1. The number of carbonyl (C=O) groups excluding carboxylic acids is 2. The number of rotatable bonds is 6. The predicted octanol–water partition coefficient (Wildman–Crippen LogP) is 4.72. The fourth-order valence-corrected chi connectivity index (χ4v) is 5.23. The van der Waals surface area contributed by atoms with Gasteiger partial charge in [-0.1, -0.05) is 30.3 Å². The van der Waals surface area contributed by atoms with Gasteiger partial charge in [-0.2, -0.15) is 0 Å². The van der Waals surface area contributed by atoms with Crippen molar-refractivity contribution in [2.45, 2.75) is 33.1 Å². The molecular weight excluding hydrogens is 418 g/mol. The van der Waals surface area contributed by atoms with Crippen LogP contribution in [0.5, 0.6) is 0 Å². The lowest BCUT2D eigenvalue weighted by molar-refractivity contribution is -0.133. The highest BCUT2D eigenvalue weighted by molar-refractivity contribution is 7.10. The van der Waals surface area contributed by atoms with Crippen molar-refractivity contribution in [2.24, 2.45) is 5.41 Å². The zero-order chi connectivity index (χ0) is 22.6. The second kappa shape index (κ2) is 9.65. The molecule has 1 N–H and O–H groups in total. The monoisotopic (exact) mass is 447 g/mol. The summed E-state index contributed by atoms with van der Waals surface area (Å²) in [6.07, 6.45) is 5.57. The van der Waals surface area contributed by atoms with Gasteiger partial charge >= 0.3 is 0 Å². The van der Waals surface area contributed by atoms with Crippen molar-refractivity contribution in [2.75, 3.05) is 19.6 Å². The van der Waals surface area contributed by atoms with E-state index in [9.17, 15) is 9.59 Å². The first-order valence-electron chi connectivity index (χ1n) is 11.1. The fourth-order valence-electron chi connectivity index (χ4n) is 4.55. The van der Waals surface area contributed by atoms with Gasteiger partial charge in [-0.3, -0.25) is 14.6 Å². The maximum Gasteiger partial charge on any atom is 0.254 e. The van der Waals surface area contributed by atoms with Gasteiger partial charge in [0, 0.05) is 47.8 Å². The number of aryl methyl sites for hydroxylation is 1. The van der Waals surface area contributed by atoms with E-state index in [0.717, 1.165) is 27.1 Å². The number of benzene rings is 1. The average molecular weight is 448 g/mol. The van der Waals surface area contributed by atoms with Gasteiger partial charge in [0.1, 0.15) is 0 Å². The van der Waals surface area contributed by atoms with Gasteiger partial charge in [0.05, 0.1) is 11.0 Å². The molecule has 166 valence electrons. The summed E-state index contributed by atoms with van der Waals surface area (Å²) in [5, 5.41) is 4.99. The lowest BCUT2D eigenvalue weighted by Crippen LogP contribution is -2.51. The van der Waals surface area contributed by atoms with E-state index < -0.39 is 5.41 Å². The van der Waals surface area contributed by atoms with Gasteiger partial charge < -0.3 is 10.2 Å². The molecule has 1 saturated heterocycles. The number of hydrogen-bond acceptors (Lipinski definition) is 4. The van der Waals surface area contributed by atoms with Crippen molar-refractivity contribution in [3.8, 4) is 11.1 Å².